The summed E-state index contributed by atoms with van der Waals surface area (Å²) in [6.07, 6.45) is -7.76. The molecule has 0 radical (unpaired) electrons. The zero-order chi connectivity index (χ0) is 15.7. The quantitative estimate of drug-likeness (QED) is 0.242. The van der Waals surface area contributed by atoms with Crippen molar-refractivity contribution < 1.29 is 39.5 Å². The largest absolute Gasteiger partial charge is 0.460 e. The molecule has 0 aliphatic rings. The summed E-state index contributed by atoms with van der Waals surface area (Å²) in [5, 5.41) is 0. The normalized spacial score (nSPS) is 16.3. The van der Waals surface area contributed by atoms with Gasteiger partial charge in [-0.1, -0.05) is 28.7 Å². The van der Waals surface area contributed by atoms with Gasteiger partial charge in [0, 0.05) is 10.3 Å². The second-order valence-corrected chi connectivity index (χ2v) is 5.44. The third kappa shape index (κ3) is 3.69. The third-order valence-electron chi connectivity index (χ3n) is 2.11. The second kappa shape index (κ2) is 5.68. The van der Waals surface area contributed by atoms with Crippen LogP contribution in [0.15, 0.2) is 12.7 Å². The summed E-state index contributed by atoms with van der Waals surface area (Å²) in [6.45, 7) is 3.12. The first-order valence-corrected chi connectivity index (χ1v) is 5.90. The Labute approximate surface area is 116 Å². The monoisotopic (exact) mass is 414 g/mol. The molecule has 1 atom stereocenters. The number of alkyl halides is 10. The summed E-state index contributed by atoms with van der Waals surface area (Å²) < 4.78 is 111. The maximum Gasteiger partial charge on any atom is 0.460 e. The zero-order valence-electron chi connectivity index (χ0n) is 9.06. The average Bonchev–Trinajstić information content (AvgIpc) is 2.14. The lowest BCUT2D eigenvalue weighted by molar-refractivity contribution is -0.396. The van der Waals surface area contributed by atoms with Gasteiger partial charge in [0.2, 0.25) is 0 Å². The molecule has 19 heavy (non-hydrogen) atoms. The van der Waals surface area contributed by atoms with Crippen molar-refractivity contribution in [2.75, 3.05) is 0 Å². The Bertz CT molecular complexity index is 320. The first kappa shape index (κ1) is 18.8. The molecule has 0 heterocycles. The van der Waals surface area contributed by atoms with E-state index in [0.29, 0.717) is 0 Å². The van der Waals surface area contributed by atoms with E-state index in [1.54, 1.807) is 0 Å². The lowest BCUT2D eigenvalue weighted by Crippen LogP contribution is -2.61. The molecule has 0 aromatic carbocycles. The predicted molar refractivity (Wildman–Crippen MR) is 58.1 cm³/mol. The molecule has 114 valence electrons. The van der Waals surface area contributed by atoms with Gasteiger partial charge in [0.15, 0.2) is 0 Å². The highest BCUT2D eigenvalue weighted by atomic mass is 127. The van der Waals surface area contributed by atoms with E-state index < -0.39 is 34.3 Å². The van der Waals surface area contributed by atoms with Crippen molar-refractivity contribution >= 4 is 22.6 Å². The van der Waals surface area contributed by atoms with Crippen LogP contribution in [0.1, 0.15) is 12.8 Å². The lowest BCUT2D eigenvalue weighted by Gasteiger charge is -2.34. The molecule has 0 saturated carbocycles. The Morgan fingerprint density at radius 2 is 1.32 bits per heavy atom. The molecule has 0 bridgehead atoms. The number of hydrogen-bond donors (Lipinski definition) is 0. The van der Waals surface area contributed by atoms with Crippen molar-refractivity contribution in [3.05, 3.63) is 12.7 Å². The molecule has 0 saturated heterocycles. The molecule has 0 spiro atoms. The summed E-state index contributed by atoms with van der Waals surface area (Å²) in [6, 6.07) is 0. The van der Waals surface area contributed by atoms with Crippen molar-refractivity contribution in [2.45, 2.75) is 40.7 Å². The molecule has 0 aliphatic heterocycles. The molecule has 0 nitrogen and oxygen atoms in total. The number of halogens is 10. The predicted octanol–water partition coefficient (Wildman–Crippen LogP) is 5.22. The van der Waals surface area contributed by atoms with E-state index >= 15 is 0 Å². The maximum absolute atomic E-state index is 13.0. The van der Waals surface area contributed by atoms with Gasteiger partial charge in [-0.2, -0.15) is 39.5 Å². The van der Waals surface area contributed by atoms with Gasteiger partial charge < -0.3 is 0 Å². The van der Waals surface area contributed by atoms with E-state index in [1.165, 1.54) is 22.6 Å². The summed E-state index contributed by atoms with van der Waals surface area (Å²) in [5.41, 5.74) is 0. The topological polar surface area (TPSA) is 0 Å². The highest BCUT2D eigenvalue weighted by Gasteiger charge is 2.81. The molecular formula is C9H8F9I. The molecule has 0 fully saturated rings. The molecule has 0 aliphatic carbocycles. The maximum atomic E-state index is 13.0. The van der Waals surface area contributed by atoms with Crippen LogP contribution in [0.4, 0.5) is 39.5 Å². The summed E-state index contributed by atoms with van der Waals surface area (Å²) in [4.78, 5) is 0. The number of hydrogen-bond acceptors (Lipinski definition) is 0. The second-order valence-electron chi connectivity index (χ2n) is 3.68. The van der Waals surface area contributed by atoms with E-state index in [1.807, 2.05) is 0 Å². The Morgan fingerprint density at radius 1 is 0.895 bits per heavy atom. The van der Waals surface area contributed by atoms with Gasteiger partial charge in [-0.25, -0.2) is 0 Å². The van der Waals surface area contributed by atoms with E-state index in [-0.39, 0.29) is 6.42 Å². The standard InChI is InChI=1S/C9H8F9I/c1-2-3-5(19)4-6(10,11)7(12,13)8(14,15)9(16,17)18/h2,5H,1,3-4H2. The first-order valence-electron chi connectivity index (χ1n) is 4.66. The number of allylic oxidation sites excluding steroid dienone is 1. The lowest BCUT2D eigenvalue weighted by atomic mass is 9.99. The molecule has 1 unspecified atom stereocenters. The Balaban J connectivity index is 5.33. The van der Waals surface area contributed by atoms with E-state index in [2.05, 4.69) is 6.58 Å². The van der Waals surface area contributed by atoms with Gasteiger partial charge in [0.1, 0.15) is 0 Å². The fraction of sp³-hybridized carbons (Fsp3) is 0.778. The summed E-state index contributed by atoms with van der Waals surface area (Å²) in [7, 11) is 0. The SMILES string of the molecule is C=CCC(I)CC(F)(F)C(F)(F)C(F)(F)C(F)(F)F. The molecule has 0 N–H and O–H groups in total. The Kier molecular flexibility index (Phi) is 5.63. The van der Waals surface area contributed by atoms with Crippen LogP contribution in [0.3, 0.4) is 0 Å². The van der Waals surface area contributed by atoms with Crippen LogP contribution in [-0.4, -0.2) is 27.9 Å². The van der Waals surface area contributed by atoms with Crippen molar-refractivity contribution in [2.24, 2.45) is 0 Å². The first-order chi connectivity index (χ1) is 8.20. The van der Waals surface area contributed by atoms with Crippen molar-refractivity contribution in [1.29, 1.82) is 0 Å². The minimum atomic E-state index is -6.81. The summed E-state index contributed by atoms with van der Waals surface area (Å²) in [5.74, 6) is -18.8. The van der Waals surface area contributed by atoms with Crippen molar-refractivity contribution in [3.63, 3.8) is 0 Å². The van der Waals surface area contributed by atoms with E-state index in [9.17, 15) is 39.5 Å². The van der Waals surface area contributed by atoms with Crippen LogP contribution in [0.25, 0.3) is 0 Å². The van der Waals surface area contributed by atoms with Crippen LogP contribution in [0, 0.1) is 0 Å². The minimum Gasteiger partial charge on any atom is -0.200 e. The molecule has 0 aromatic rings. The van der Waals surface area contributed by atoms with E-state index in [0.717, 1.165) is 6.08 Å². The molecule has 0 rings (SSSR count). The Hall–Kier alpha value is -0.160. The van der Waals surface area contributed by atoms with Crippen LogP contribution in [0.5, 0.6) is 0 Å². The highest BCUT2D eigenvalue weighted by Crippen LogP contribution is 2.54. The Morgan fingerprint density at radius 3 is 1.63 bits per heavy atom. The fourth-order valence-corrected chi connectivity index (χ4v) is 1.99. The number of rotatable bonds is 6. The molecule has 0 aromatic heterocycles. The van der Waals surface area contributed by atoms with Gasteiger partial charge in [-0.05, 0) is 6.42 Å². The van der Waals surface area contributed by atoms with Crippen LogP contribution in [-0.2, 0) is 0 Å². The average molecular weight is 414 g/mol. The smallest absolute Gasteiger partial charge is 0.200 e. The zero-order valence-corrected chi connectivity index (χ0v) is 11.2. The van der Waals surface area contributed by atoms with Gasteiger partial charge in [-0.3, -0.25) is 0 Å². The van der Waals surface area contributed by atoms with Crippen LogP contribution < -0.4 is 0 Å². The summed E-state index contributed by atoms with van der Waals surface area (Å²) >= 11 is 1.25. The minimum absolute atomic E-state index is 0.232. The molecule has 0 amide bonds. The van der Waals surface area contributed by atoms with E-state index in [4.69, 9.17) is 0 Å². The van der Waals surface area contributed by atoms with Crippen molar-refractivity contribution in [1.82, 2.24) is 0 Å². The molecule has 10 heteroatoms. The van der Waals surface area contributed by atoms with Gasteiger partial charge in [0.25, 0.3) is 0 Å². The highest BCUT2D eigenvalue weighted by molar-refractivity contribution is 14.1. The third-order valence-corrected chi connectivity index (χ3v) is 3.06. The fourth-order valence-electron chi connectivity index (χ4n) is 1.08. The van der Waals surface area contributed by atoms with Gasteiger partial charge in [-0.15, -0.1) is 6.58 Å². The van der Waals surface area contributed by atoms with Crippen LogP contribution >= 0.6 is 22.6 Å². The van der Waals surface area contributed by atoms with Gasteiger partial charge >= 0.3 is 23.9 Å². The van der Waals surface area contributed by atoms with Crippen molar-refractivity contribution in [3.8, 4) is 0 Å². The van der Waals surface area contributed by atoms with Crippen LogP contribution in [0.2, 0.25) is 0 Å². The molecular weight excluding hydrogens is 406 g/mol. The van der Waals surface area contributed by atoms with Gasteiger partial charge in [0.05, 0.1) is 0 Å².